The van der Waals surface area contributed by atoms with E-state index in [9.17, 15) is 9.90 Å². The predicted molar refractivity (Wildman–Crippen MR) is 68.3 cm³/mol. The largest absolute Gasteiger partial charge is 0.389 e. The van der Waals surface area contributed by atoms with Gasteiger partial charge in [0.25, 0.3) is 0 Å². The minimum atomic E-state index is -0.584. The number of ether oxygens (including phenoxy) is 1. The molecule has 1 amide bonds. The van der Waals surface area contributed by atoms with Gasteiger partial charge in [-0.25, -0.2) is 0 Å². The van der Waals surface area contributed by atoms with E-state index in [1.165, 1.54) is 0 Å². The maximum Gasteiger partial charge on any atom is 0.234 e. The lowest BCUT2D eigenvalue weighted by Gasteiger charge is -2.24. The summed E-state index contributed by atoms with van der Waals surface area (Å²) in [5.41, 5.74) is -0.584. The van der Waals surface area contributed by atoms with E-state index in [-0.39, 0.29) is 11.9 Å². The van der Waals surface area contributed by atoms with Crippen LogP contribution < -0.4 is 10.6 Å². The summed E-state index contributed by atoms with van der Waals surface area (Å²) < 4.78 is 5.24. The Morgan fingerprint density at radius 1 is 1.28 bits per heavy atom. The average Bonchev–Trinajstić information content (AvgIpc) is 2.77. The Kier molecular flexibility index (Phi) is 4.97. The summed E-state index contributed by atoms with van der Waals surface area (Å²) >= 11 is 0. The van der Waals surface area contributed by atoms with Crippen LogP contribution in [0, 0.1) is 0 Å². The average molecular weight is 256 g/mol. The molecule has 2 aliphatic rings. The van der Waals surface area contributed by atoms with Gasteiger partial charge in [0.05, 0.1) is 12.1 Å². The molecule has 1 heterocycles. The number of hydrogen-bond acceptors (Lipinski definition) is 4. The monoisotopic (exact) mass is 256 g/mol. The molecule has 1 saturated heterocycles. The fourth-order valence-corrected chi connectivity index (χ4v) is 2.74. The number of nitrogens with one attached hydrogen (secondary N) is 2. The van der Waals surface area contributed by atoms with Crippen LogP contribution in [0.2, 0.25) is 0 Å². The zero-order valence-corrected chi connectivity index (χ0v) is 10.9. The molecule has 0 aromatic heterocycles. The minimum absolute atomic E-state index is 0.0171. The fraction of sp³-hybridized carbons (Fsp3) is 0.923. The summed E-state index contributed by atoms with van der Waals surface area (Å²) in [6.45, 7) is 2.28. The van der Waals surface area contributed by atoms with E-state index in [4.69, 9.17) is 4.74 Å². The van der Waals surface area contributed by atoms with Crippen LogP contribution in [0.1, 0.15) is 38.5 Å². The van der Waals surface area contributed by atoms with E-state index in [0.29, 0.717) is 13.1 Å². The molecule has 3 N–H and O–H groups in total. The summed E-state index contributed by atoms with van der Waals surface area (Å²) in [6, 6.07) is 0.252. The Labute approximate surface area is 108 Å². The van der Waals surface area contributed by atoms with E-state index in [0.717, 1.165) is 51.7 Å². The van der Waals surface area contributed by atoms with Crippen LogP contribution in [0.5, 0.6) is 0 Å². The Morgan fingerprint density at radius 2 is 1.94 bits per heavy atom. The van der Waals surface area contributed by atoms with Gasteiger partial charge in [-0.05, 0) is 25.7 Å². The molecule has 18 heavy (non-hydrogen) atoms. The lowest BCUT2D eigenvalue weighted by atomic mass is 10.0. The smallest absolute Gasteiger partial charge is 0.234 e. The predicted octanol–water partition coefficient (Wildman–Crippen LogP) is 0.176. The first kappa shape index (κ1) is 13.8. The van der Waals surface area contributed by atoms with E-state index in [1.54, 1.807) is 0 Å². The SMILES string of the molecule is O=C(CNCC1(O)CCCC1)NC1CCOCC1. The fourth-order valence-electron chi connectivity index (χ4n) is 2.74. The third kappa shape index (κ3) is 4.23. The molecule has 5 nitrogen and oxygen atoms in total. The minimum Gasteiger partial charge on any atom is -0.389 e. The lowest BCUT2D eigenvalue weighted by molar-refractivity contribution is -0.121. The van der Waals surface area contributed by atoms with Gasteiger partial charge in [0, 0.05) is 25.8 Å². The second-order valence-electron chi connectivity index (χ2n) is 5.49. The van der Waals surface area contributed by atoms with Crippen LogP contribution in [0.3, 0.4) is 0 Å². The van der Waals surface area contributed by atoms with Gasteiger partial charge in [-0.15, -0.1) is 0 Å². The first-order valence-corrected chi connectivity index (χ1v) is 6.98. The first-order valence-electron chi connectivity index (χ1n) is 6.98. The van der Waals surface area contributed by atoms with Crippen molar-refractivity contribution in [3.05, 3.63) is 0 Å². The van der Waals surface area contributed by atoms with Crippen molar-refractivity contribution >= 4 is 5.91 Å². The number of hydrogen-bond donors (Lipinski definition) is 3. The van der Waals surface area contributed by atoms with Gasteiger partial charge in [-0.1, -0.05) is 12.8 Å². The molecule has 0 aromatic carbocycles. The summed E-state index contributed by atoms with van der Waals surface area (Å²) in [6.07, 6.45) is 5.67. The molecule has 1 aliphatic carbocycles. The third-order valence-electron chi connectivity index (χ3n) is 3.86. The highest BCUT2D eigenvalue weighted by Crippen LogP contribution is 2.28. The molecular formula is C13H24N2O3. The topological polar surface area (TPSA) is 70.6 Å². The van der Waals surface area contributed by atoms with E-state index in [2.05, 4.69) is 10.6 Å². The molecule has 5 heteroatoms. The molecule has 0 bridgehead atoms. The van der Waals surface area contributed by atoms with Crippen molar-refractivity contribution in [2.24, 2.45) is 0 Å². The van der Waals surface area contributed by atoms with Crippen LogP contribution in [-0.4, -0.2) is 49.0 Å². The van der Waals surface area contributed by atoms with Crippen molar-refractivity contribution in [2.45, 2.75) is 50.2 Å². The molecule has 1 aliphatic heterocycles. The molecule has 0 aromatic rings. The second kappa shape index (κ2) is 6.50. The van der Waals surface area contributed by atoms with Crippen LogP contribution in [0.25, 0.3) is 0 Å². The Hall–Kier alpha value is -0.650. The Morgan fingerprint density at radius 3 is 2.61 bits per heavy atom. The van der Waals surface area contributed by atoms with Crippen molar-refractivity contribution in [3.8, 4) is 0 Å². The first-order chi connectivity index (χ1) is 8.68. The van der Waals surface area contributed by atoms with Crippen LogP contribution in [0.15, 0.2) is 0 Å². The summed E-state index contributed by atoms with van der Waals surface area (Å²) in [4.78, 5) is 11.7. The summed E-state index contributed by atoms with van der Waals surface area (Å²) in [5.74, 6) is 0.0171. The maximum atomic E-state index is 11.7. The summed E-state index contributed by atoms with van der Waals surface area (Å²) in [7, 11) is 0. The molecule has 104 valence electrons. The van der Waals surface area contributed by atoms with Gasteiger partial charge < -0.3 is 20.5 Å². The van der Waals surface area contributed by atoms with Crippen LogP contribution in [0.4, 0.5) is 0 Å². The Bertz CT molecular complexity index is 271. The standard InChI is InChI=1S/C13H24N2O3/c16-12(15-11-3-7-18-8-4-11)9-14-10-13(17)5-1-2-6-13/h11,14,17H,1-10H2,(H,15,16). The number of amides is 1. The Balaban J connectivity index is 1.59. The molecule has 0 unspecified atom stereocenters. The zero-order chi connectivity index (χ0) is 12.8. The molecule has 0 atom stereocenters. The lowest BCUT2D eigenvalue weighted by Crippen LogP contribution is -2.46. The molecular weight excluding hydrogens is 232 g/mol. The zero-order valence-electron chi connectivity index (χ0n) is 10.9. The molecule has 2 fully saturated rings. The van der Waals surface area contributed by atoms with Crippen LogP contribution in [-0.2, 0) is 9.53 Å². The molecule has 0 spiro atoms. The van der Waals surface area contributed by atoms with Crippen molar-refractivity contribution in [2.75, 3.05) is 26.3 Å². The number of carbonyl (C=O) groups is 1. The van der Waals surface area contributed by atoms with Crippen LogP contribution >= 0.6 is 0 Å². The van der Waals surface area contributed by atoms with Crippen molar-refractivity contribution in [1.82, 2.24) is 10.6 Å². The van der Waals surface area contributed by atoms with E-state index >= 15 is 0 Å². The summed E-state index contributed by atoms with van der Waals surface area (Å²) in [5, 5.41) is 16.2. The maximum absolute atomic E-state index is 11.7. The van der Waals surface area contributed by atoms with Gasteiger partial charge in [0.1, 0.15) is 0 Å². The van der Waals surface area contributed by atoms with Crippen molar-refractivity contribution in [1.29, 1.82) is 0 Å². The van der Waals surface area contributed by atoms with Gasteiger partial charge in [0.15, 0.2) is 0 Å². The van der Waals surface area contributed by atoms with Gasteiger partial charge >= 0.3 is 0 Å². The number of aliphatic hydroxyl groups is 1. The van der Waals surface area contributed by atoms with Gasteiger partial charge in [-0.3, -0.25) is 4.79 Å². The molecule has 2 rings (SSSR count). The molecule has 0 radical (unpaired) electrons. The van der Waals surface area contributed by atoms with E-state index in [1.807, 2.05) is 0 Å². The highest BCUT2D eigenvalue weighted by atomic mass is 16.5. The van der Waals surface area contributed by atoms with Gasteiger partial charge in [-0.2, -0.15) is 0 Å². The quantitative estimate of drug-likeness (QED) is 0.656. The number of carbonyl (C=O) groups excluding carboxylic acids is 1. The molecule has 1 saturated carbocycles. The highest BCUT2D eigenvalue weighted by Gasteiger charge is 2.30. The highest BCUT2D eigenvalue weighted by molar-refractivity contribution is 5.78. The number of rotatable bonds is 5. The third-order valence-corrected chi connectivity index (χ3v) is 3.86. The van der Waals surface area contributed by atoms with Crippen molar-refractivity contribution < 1.29 is 14.6 Å². The van der Waals surface area contributed by atoms with Crippen molar-refractivity contribution in [3.63, 3.8) is 0 Å². The second-order valence-corrected chi connectivity index (χ2v) is 5.49. The normalized spacial score (nSPS) is 24.1. The van der Waals surface area contributed by atoms with Gasteiger partial charge in [0.2, 0.25) is 5.91 Å². The van der Waals surface area contributed by atoms with E-state index < -0.39 is 5.60 Å².